The number of pyridine rings is 1. The Morgan fingerprint density at radius 2 is 1.95 bits per heavy atom. The molecule has 1 fully saturated rings. The maximum Gasteiger partial charge on any atom is 0.253 e. The van der Waals surface area contributed by atoms with Crippen molar-refractivity contribution in [2.75, 3.05) is 32.6 Å². The summed E-state index contributed by atoms with van der Waals surface area (Å²) in [5.41, 5.74) is 6.34. The molecule has 2 aromatic carbocycles. The monoisotopic (exact) mass is 498 g/mol. The Kier molecular flexibility index (Phi) is 8.00. The van der Waals surface area contributed by atoms with Crippen LogP contribution in [0.5, 0.6) is 0 Å². The second-order valence-corrected chi connectivity index (χ2v) is 9.49. The second-order valence-electron chi connectivity index (χ2n) is 9.49. The quantitative estimate of drug-likeness (QED) is 0.456. The highest BCUT2D eigenvalue weighted by molar-refractivity contribution is 5.94. The molecule has 3 aromatic rings. The van der Waals surface area contributed by atoms with Crippen LogP contribution in [-0.4, -0.2) is 49.1 Å². The van der Waals surface area contributed by atoms with Gasteiger partial charge in [-0.05, 0) is 85.4 Å². The summed E-state index contributed by atoms with van der Waals surface area (Å²) in [7, 11) is 3.27. The topological polar surface area (TPSA) is 78.2 Å². The molecule has 6 nitrogen and oxygen atoms in total. The first-order chi connectivity index (χ1) is 17.8. The van der Waals surface area contributed by atoms with Crippen molar-refractivity contribution in [3.63, 3.8) is 0 Å². The molecule has 7 heteroatoms. The maximum atomic E-state index is 14.9. The van der Waals surface area contributed by atoms with Gasteiger partial charge in [-0.15, -0.1) is 0 Å². The highest BCUT2D eigenvalue weighted by atomic mass is 19.1. The van der Waals surface area contributed by atoms with Crippen LogP contribution in [0, 0.1) is 24.1 Å². The smallest absolute Gasteiger partial charge is 0.253 e. The van der Waals surface area contributed by atoms with Gasteiger partial charge in [0.25, 0.3) is 5.91 Å². The van der Waals surface area contributed by atoms with Crippen molar-refractivity contribution < 1.29 is 13.9 Å². The van der Waals surface area contributed by atoms with Gasteiger partial charge in [0.2, 0.25) is 0 Å². The lowest BCUT2D eigenvalue weighted by molar-refractivity contribution is 0.0827. The van der Waals surface area contributed by atoms with E-state index in [1.807, 2.05) is 44.2 Å². The SMILES string of the molecule is C/C(=C\c1nccc(-c2ccc(NC3CCOCC3)c(C#N)c2)c1C)c1ccc(C(=O)N(C)C)cc1F. The van der Waals surface area contributed by atoms with Gasteiger partial charge in [0.1, 0.15) is 11.9 Å². The second kappa shape index (κ2) is 11.4. The number of nitrogens with zero attached hydrogens (tertiary/aromatic N) is 3. The van der Waals surface area contributed by atoms with Crippen LogP contribution >= 0.6 is 0 Å². The van der Waals surface area contributed by atoms with E-state index in [4.69, 9.17) is 4.74 Å². The molecule has 0 atom stereocenters. The van der Waals surface area contributed by atoms with E-state index in [9.17, 15) is 14.4 Å². The Balaban J connectivity index is 1.62. The third-order valence-corrected chi connectivity index (χ3v) is 6.68. The number of hydrogen-bond acceptors (Lipinski definition) is 5. The van der Waals surface area contributed by atoms with Crippen molar-refractivity contribution in [1.29, 1.82) is 5.26 Å². The van der Waals surface area contributed by atoms with Crippen molar-refractivity contribution in [1.82, 2.24) is 9.88 Å². The molecule has 0 saturated carbocycles. The molecule has 1 saturated heterocycles. The van der Waals surface area contributed by atoms with Crippen molar-refractivity contribution >= 4 is 23.2 Å². The van der Waals surface area contributed by atoms with Gasteiger partial charge in [-0.25, -0.2) is 4.39 Å². The van der Waals surface area contributed by atoms with Crippen LogP contribution in [0.3, 0.4) is 0 Å². The number of halogens is 1. The molecular formula is C30H31FN4O2. The highest BCUT2D eigenvalue weighted by Crippen LogP contribution is 2.31. The Morgan fingerprint density at radius 3 is 2.62 bits per heavy atom. The minimum absolute atomic E-state index is 0.247. The average molecular weight is 499 g/mol. The van der Waals surface area contributed by atoms with Crippen LogP contribution in [0.15, 0.2) is 48.7 Å². The number of hydrogen-bond donors (Lipinski definition) is 1. The number of nitrogens with one attached hydrogen (secondary N) is 1. The van der Waals surface area contributed by atoms with Gasteiger partial charge < -0.3 is 15.0 Å². The molecule has 190 valence electrons. The molecule has 0 spiro atoms. The summed E-state index contributed by atoms with van der Waals surface area (Å²) < 4.78 is 20.3. The zero-order chi connectivity index (χ0) is 26.5. The first-order valence-electron chi connectivity index (χ1n) is 12.3. The molecular weight excluding hydrogens is 467 g/mol. The Bertz CT molecular complexity index is 1380. The van der Waals surface area contributed by atoms with Crippen molar-refractivity contribution in [2.24, 2.45) is 0 Å². The number of carbonyl (C=O) groups excluding carboxylic acids is 1. The molecule has 1 N–H and O–H groups in total. The molecule has 0 aliphatic carbocycles. The fourth-order valence-electron chi connectivity index (χ4n) is 4.51. The fraction of sp³-hybridized carbons (Fsp3) is 0.300. The highest BCUT2D eigenvalue weighted by Gasteiger charge is 2.17. The van der Waals surface area contributed by atoms with Gasteiger partial charge in [-0.3, -0.25) is 9.78 Å². The number of carbonyl (C=O) groups is 1. The van der Waals surface area contributed by atoms with E-state index in [2.05, 4.69) is 16.4 Å². The minimum Gasteiger partial charge on any atom is -0.381 e. The van der Waals surface area contributed by atoms with Crippen LogP contribution < -0.4 is 5.32 Å². The Morgan fingerprint density at radius 1 is 1.19 bits per heavy atom. The first kappa shape index (κ1) is 26.1. The minimum atomic E-state index is -0.457. The number of allylic oxidation sites excluding steroid dienone is 1. The Labute approximate surface area is 217 Å². The third-order valence-electron chi connectivity index (χ3n) is 6.68. The lowest BCUT2D eigenvalue weighted by atomic mass is 9.96. The predicted octanol–water partition coefficient (Wildman–Crippen LogP) is 5.92. The summed E-state index contributed by atoms with van der Waals surface area (Å²) >= 11 is 0. The van der Waals surface area contributed by atoms with Crippen LogP contribution in [-0.2, 0) is 4.74 Å². The summed E-state index contributed by atoms with van der Waals surface area (Å²) in [5.74, 6) is -0.704. The lowest BCUT2D eigenvalue weighted by Crippen LogP contribution is -2.28. The van der Waals surface area contributed by atoms with Gasteiger partial charge in [-0.1, -0.05) is 12.1 Å². The van der Waals surface area contributed by atoms with Crippen LogP contribution in [0.4, 0.5) is 10.1 Å². The van der Waals surface area contributed by atoms with Gasteiger partial charge in [0.15, 0.2) is 0 Å². The standard InChI is InChI=1S/C30H31FN4O2/c1-19(25-7-5-22(17-27(25)31)30(36)35(3)4)15-29-20(2)26(9-12-33-29)21-6-8-28(23(16-21)18-32)34-24-10-13-37-14-11-24/h5-9,12,15-17,24,34H,10-11,13-14H2,1-4H3/b19-15+. The lowest BCUT2D eigenvalue weighted by Gasteiger charge is -2.24. The summed E-state index contributed by atoms with van der Waals surface area (Å²) in [4.78, 5) is 18.1. The van der Waals surface area contributed by atoms with E-state index in [1.165, 1.54) is 11.0 Å². The summed E-state index contributed by atoms with van der Waals surface area (Å²) in [6, 6.07) is 14.9. The average Bonchev–Trinajstić information content (AvgIpc) is 2.90. The summed E-state index contributed by atoms with van der Waals surface area (Å²) in [5, 5.41) is 13.3. The zero-order valence-electron chi connectivity index (χ0n) is 21.6. The first-order valence-corrected chi connectivity index (χ1v) is 12.3. The van der Waals surface area contributed by atoms with E-state index >= 15 is 0 Å². The predicted molar refractivity (Wildman–Crippen MR) is 145 cm³/mol. The van der Waals surface area contributed by atoms with E-state index in [0.717, 1.165) is 48.4 Å². The molecule has 1 amide bonds. The van der Waals surface area contributed by atoms with Gasteiger partial charge >= 0.3 is 0 Å². The molecule has 0 unspecified atom stereocenters. The van der Waals surface area contributed by atoms with E-state index < -0.39 is 5.82 Å². The normalized spacial score (nSPS) is 14.2. The van der Waals surface area contributed by atoms with Gasteiger partial charge in [0.05, 0.1) is 16.9 Å². The van der Waals surface area contributed by atoms with Crippen LogP contribution in [0.1, 0.15) is 52.5 Å². The van der Waals surface area contributed by atoms with Gasteiger partial charge in [0, 0.05) is 50.7 Å². The molecule has 0 bridgehead atoms. The van der Waals surface area contributed by atoms with E-state index in [-0.39, 0.29) is 5.91 Å². The molecule has 0 radical (unpaired) electrons. The Hall–Kier alpha value is -4.02. The number of ether oxygens (including phenoxy) is 1. The number of anilines is 1. The summed E-state index contributed by atoms with van der Waals surface area (Å²) in [6.45, 7) is 5.25. The van der Waals surface area contributed by atoms with E-state index in [0.29, 0.717) is 34.0 Å². The van der Waals surface area contributed by atoms with Crippen LogP contribution in [0.25, 0.3) is 22.8 Å². The largest absolute Gasteiger partial charge is 0.381 e. The molecule has 1 aliphatic heterocycles. The van der Waals surface area contributed by atoms with Crippen molar-refractivity contribution in [3.05, 3.63) is 82.4 Å². The zero-order valence-corrected chi connectivity index (χ0v) is 21.6. The molecule has 4 rings (SSSR count). The van der Waals surface area contributed by atoms with Crippen LogP contribution in [0.2, 0.25) is 0 Å². The number of benzene rings is 2. The number of rotatable bonds is 6. The fourth-order valence-corrected chi connectivity index (χ4v) is 4.51. The molecule has 37 heavy (non-hydrogen) atoms. The third kappa shape index (κ3) is 5.87. The number of aromatic nitrogens is 1. The molecule has 1 aliphatic rings. The van der Waals surface area contributed by atoms with Crippen molar-refractivity contribution in [2.45, 2.75) is 32.7 Å². The molecule has 2 heterocycles. The maximum absolute atomic E-state index is 14.9. The van der Waals surface area contributed by atoms with E-state index in [1.54, 1.807) is 32.4 Å². The number of amides is 1. The molecule has 1 aromatic heterocycles. The van der Waals surface area contributed by atoms with Crippen molar-refractivity contribution in [3.8, 4) is 17.2 Å². The van der Waals surface area contributed by atoms with Gasteiger partial charge in [-0.2, -0.15) is 5.26 Å². The number of nitriles is 1. The summed E-state index contributed by atoms with van der Waals surface area (Å²) in [6.07, 6.45) is 5.40.